The van der Waals surface area contributed by atoms with Crippen molar-refractivity contribution in [3.63, 3.8) is 0 Å². The summed E-state index contributed by atoms with van der Waals surface area (Å²) in [7, 11) is 0. The highest BCUT2D eigenvalue weighted by Crippen LogP contribution is 2.20. The maximum absolute atomic E-state index is 2.34. The first-order chi connectivity index (χ1) is 8.74. The maximum atomic E-state index is 2.34. The fraction of sp³-hybridized carbons (Fsp3) is 0.125. The van der Waals surface area contributed by atoms with E-state index in [2.05, 4.69) is 88.8 Å². The van der Waals surface area contributed by atoms with Crippen LogP contribution < -0.4 is 0 Å². The molecule has 0 unspecified atom stereocenters. The largest absolute Gasteiger partial charge is 0.343 e. The summed E-state index contributed by atoms with van der Waals surface area (Å²) in [6, 6.07) is 17.4. The molecule has 0 aliphatic rings. The fourth-order valence-electron chi connectivity index (χ4n) is 2.30. The van der Waals surface area contributed by atoms with Crippen molar-refractivity contribution in [1.29, 1.82) is 0 Å². The van der Waals surface area contributed by atoms with Gasteiger partial charge < -0.3 is 4.57 Å². The van der Waals surface area contributed by atoms with Gasteiger partial charge in [0.05, 0.1) is 0 Å². The summed E-state index contributed by atoms with van der Waals surface area (Å²) in [4.78, 5) is 0. The Morgan fingerprint density at radius 2 is 1.78 bits per heavy atom. The molecular weight excluding hydrogens is 333 g/mol. The van der Waals surface area contributed by atoms with E-state index in [0.717, 1.165) is 6.54 Å². The average molecular weight is 347 g/mol. The van der Waals surface area contributed by atoms with E-state index in [1.165, 1.54) is 25.6 Å². The summed E-state index contributed by atoms with van der Waals surface area (Å²) in [6.45, 7) is 3.10. The van der Waals surface area contributed by atoms with Crippen LogP contribution in [0.3, 0.4) is 0 Å². The Hall–Kier alpha value is -1.29. The Morgan fingerprint density at radius 3 is 2.56 bits per heavy atom. The Kier molecular flexibility index (Phi) is 3.12. The number of aromatic nitrogens is 1. The quantitative estimate of drug-likeness (QED) is 0.597. The summed E-state index contributed by atoms with van der Waals surface area (Å²) < 4.78 is 3.59. The van der Waals surface area contributed by atoms with Crippen molar-refractivity contribution in [2.24, 2.45) is 0 Å². The second-order valence-corrected chi connectivity index (χ2v) is 5.82. The van der Waals surface area contributed by atoms with Crippen molar-refractivity contribution in [2.45, 2.75) is 13.5 Å². The van der Waals surface area contributed by atoms with Crippen molar-refractivity contribution in [2.75, 3.05) is 0 Å². The molecule has 3 rings (SSSR count). The van der Waals surface area contributed by atoms with Crippen molar-refractivity contribution < 1.29 is 0 Å². The van der Waals surface area contributed by atoms with Crippen LogP contribution in [-0.4, -0.2) is 4.57 Å². The lowest BCUT2D eigenvalue weighted by molar-refractivity contribution is 0.836. The standard InChI is InChI=1S/C16H14IN/c1-12-3-2-4-16-15(12)9-10-18(16)11-13-5-7-14(17)8-6-13/h2-10H,11H2,1H3. The third-order valence-corrected chi connectivity index (χ3v) is 4.02. The zero-order chi connectivity index (χ0) is 12.5. The highest BCUT2D eigenvalue weighted by atomic mass is 127. The molecule has 0 fully saturated rings. The predicted octanol–water partition coefficient (Wildman–Crippen LogP) is 4.60. The highest BCUT2D eigenvalue weighted by molar-refractivity contribution is 14.1. The molecule has 18 heavy (non-hydrogen) atoms. The predicted molar refractivity (Wildman–Crippen MR) is 84.9 cm³/mol. The van der Waals surface area contributed by atoms with Gasteiger partial charge in [0.2, 0.25) is 0 Å². The third kappa shape index (κ3) is 2.17. The van der Waals surface area contributed by atoms with Crippen LogP contribution >= 0.6 is 22.6 Å². The first-order valence-electron chi connectivity index (χ1n) is 6.03. The molecule has 2 aromatic carbocycles. The zero-order valence-electron chi connectivity index (χ0n) is 10.2. The Balaban J connectivity index is 2.00. The van der Waals surface area contributed by atoms with E-state index in [0.29, 0.717) is 0 Å². The van der Waals surface area contributed by atoms with Gasteiger partial charge in [-0.2, -0.15) is 0 Å². The molecular formula is C16H14IN. The smallest absolute Gasteiger partial charge is 0.0486 e. The Bertz CT molecular complexity index is 680. The first-order valence-corrected chi connectivity index (χ1v) is 7.11. The molecule has 0 aliphatic heterocycles. The molecule has 0 saturated carbocycles. The van der Waals surface area contributed by atoms with E-state index in [4.69, 9.17) is 0 Å². The second kappa shape index (κ2) is 4.76. The van der Waals surface area contributed by atoms with E-state index >= 15 is 0 Å². The normalized spacial score (nSPS) is 11.0. The van der Waals surface area contributed by atoms with Gasteiger partial charge >= 0.3 is 0 Å². The minimum atomic E-state index is 0.934. The van der Waals surface area contributed by atoms with Crippen LogP contribution in [0.1, 0.15) is 11.1 Å². The topological polar surface area (TPSA) is 4.93 Å². The van der Waals surface area contributed by atoms with Gasteiger partial charge in [-0.05, 0) is 64.9 Å². The van der Waals surface area contributed by atoms with Gasteiger partial charge in [-0.1, -0.05) is 24.3 Å². The third-order valence-electron chi connectivity index (χ3n) is 3.30. The number of benzene rings is 2. The van der Waals surface area contributed by atoms with Gasteiger partial charge in [-0.25, -0.2) is 0 Å². The lowest BCUT2D eigenvalue weighted by atomic mass is 10.1. The van der Waals surface area contributed by atoms with Gasteiger partial charge in [0.25, 0.3) is 0 Å². The minimum absolute atomic E-state index is 0.934. The van der Waals surface area contributed by atoms with E-state index < -0.39 is 0 Å². The molecule has 2 heteroatoms. The van der Waals surface area contributed by atoms with Gasteiger partial charge in [-0.3, -0.25) is 0 Å². The first kappa shape index (κ1) is 11.8. The van der Waals surface area contributed by atoms with E-state index in [9.17, 15) is 0 Å². The summed E-state index contributed by atoms with van der Waals surface area (Å²) >= 11 is 2.34. The molecule has 0 bridgehead atoms. The number of hydrogen-bond acceptors (Lipinski definition) is 0. The molecule has 1 aromatic heterocycles. The average Bonchev–Trinajstić information content (AvgIpc) is 2.77. The lowest BCUT2D eigenvalue weighted by Gasteiger charge is -2.06. The van der Waals surface area contributed by atoms with Crippen LogP contribution in [0.2, 0.25) is 0 Å². The molecule has 0 spiro atoms. The van der Waals surface area contributed by atoms with Crippen LogP contribution in [0.5, 0.6) is 0 Å². The molecule has 0 aliphatic carbocycles. The highest BCUT2D eigenvalue weighted by Gasteiger charge is 2.03. The molecule has 0 N–H and O–H groups in total. The van der Waals surface area contributed by atoms with Gasteiger partial charge in [0.1, 0.15) is 0 Å². The number of rotatable bonds is 2. The SMILES string of the molecule is Cc1cccc2c1ccn2Cc1ccc(I)cc1. The monoisotopic (exact) mass is 347 g/mol. The minimum Gasteiger partial charge on any atom is -0.343 e. The van der Waals surface area contributed by atoms with E-state index in [1.807, 2.05) is 0 Å². The molecule has 3 aromatic rings. The van der Waals surface area contributed by atoms with E-state index in [-0.39, 0.29) is 0 Å². The number of nitrogens with zero attached hydrogens (tertiary/aromatic N) is 1. The number of halogens is 1. The summed E-state index contributed by atoms with van der Waals surface area (Å²) in [5, 5.41) is 1.35. The lowest BCUT2D eigenvalue weighted by Crippen LogP contribution is -1.97. The summed E-state index contributed by atoms with van der Waals surface area (Å²) in [5.74, 6) is 0. The number of aryl methyl sites for hydroxylation is 1. The second-order valence-electron chi connectivity index (χ2n) is 4.58. The van der Waals surface area contributed by atoms with Gasteiger partial charge in [0, 0.05) is 27.2 Å². The van der Waals surface area contributed by atoms with Gasteiger partial charge in [0.15, 0.2) is 0 Å². The van der Waals surface area contributed by atoms with Crippen LogP contribution in [0.25, 0.3) is 10.9 Å². The van der Waals surface area contributed by atoms with Crippen molar-refractivity contribution >= 4 is 33.5 Å². The Labute approximate surface area is 121 Å². The van der Waals surface area contributed by atoms with Crippen LogP contribution in [0, 0.1) is 10.5 Å². The van der Waals surface area contributed by atoms with Crippen LogP contribution in [0.4, 0.5) is 0 Å². The van der Waals surface area contributed by atoms with Gasteiger partial charge in [-0.15, -0.1) is 0 Å². The molecule has 0 atom stereocenters. The maximum Gasteiger partial charge on any atom is 0.0486 e. The molecule has 0 saturated heterocycles. The molecule has 0 radical (unpaired) electrons. The van der Waals surface area contributed by atoms with E-state index in [1.54, 1.807) is 0 Å². The van der Waals surface area contributed by atoms with Crippen molar-refractivity contribution in [3.8, 4) is 0 Å². The molecule has 90 valence electrons. The van der Waals surface area contributed by atoms with Crippen molar-refractivity contribution in [1.82, 2.24) is 4.57 Å². The summed E-state index contributed by atoms with van der Waals surface area (Å²) in [5.41, 5.74) is 4.00. The van der Waals surface area contributed by atoms with Crippen LogP contribution in [-0.2, 0) is 6.54 Å². The number of hydrogen-bond donors (Lipinski definition) is 0. The zero-order valence-corrected chi connectivity index (χ0v) is 12.4. The van der Waals surface area contributed by atoms with Crippen molar-refractivity contribution in [3.05, 3.63) is 69.4 Å². The van der Waals surface area contributed by atoms with Crippen LogP contribution in [0.15, 0.2) is 54.7 Å². The fourth-order valence-corrected chi connectivity index (χ4v) is 2.66. The Morgan fingerprint density at radius 1 is 1.00 bits per heavy atom. The number of fused-ring (bicyclic) bond motifs is 1. The summed E-state index contributed by atoms with van der Waals surface area (Å²) in [6.07, 6.45) is 2.18. The molecule has 0 amide bonds. The molecule has 1 heterocycles. The molecule has 1 nitrogen and oxygen atoms in total.